The van der Waals surface area contributed by atoms with Crippen molar-refractivity contribution in [3.63, 3.8) is 0 Å². The summed E-state index contributed by atoms with van der Waals surface area (Å²) in [5.41, 5.74) is 7.46. The lowest BCUT2D eigenvalue weighted by molar-refractivity contribution is 0.280. The first-order chi connectivity index (χ1) is 6.76. The van der Waals surface area contributed by atoms with Crippen molar-refractivity contribution in [1.29, 1.82) is 0 Å². The van der Waals surface area contributed by atoms with Crippen LogP contribution in [0.5, 0.6) is 0 Å². The molecule has 2 N–H and O–H groups in total. The summed E-state index contributed by atoms with van der Waals surface area (Å²) in [5.74, 6) is 0. The van der Waals surface area contributed by atoms with Crippen LogP contribution in [0.2, 0.25) is 0 Å². The van der Waals surface area contributed by atoms with Crippen molar-refractivity contribution in [3.8, 4) is 0 Å². The Balaban J connectivity index is 0.000000293. The topological polar surface area (TPSA) is 29.3 Å². The summed E-state index contributed by atoms with van der Waals surface area (Å²) in [6.07, 6.45) is 9.20. The third-order valence-electron chi connectivity index (χ3n) is 2.39. The third kappa shape index (κ3) is 4.47. The van der Waals surface area contributed by atoms with Gasteiger partial charge in [0.25, 0.3) is 0 Å². The Morgan fingerprint density at radius 3 is 2.64 bits per heavy atom. The molecule has 2 nitrogen and oxygen atoms in total. The van der Waals surface area contributed by atoms with Gasteiger partial charge >= 0.3 is 0 Å². The van der Waals surface area contributed by atoms with Gasteiger partial charge in [0, 0.05) is 19.1 Å². The number of piperidine rings is 1. The Morgan fingerprint density at radius 2 is 2.14 bits per heavy atom. The van der Waals surface area contributed by atoms with Crippen molar-refractivity contribution in [3.05, 3.63) is 24.4 Å². The van der Waals surface area contributed by atoms with Crippen LogP contribution in [-0.2, 0) is 0 Å². The lowest BCUT2D eigenvalue weighted by Crippen LogP contribution is -2.39. The summed E-state index contributed by atoms with van der Waals surface area (Å²) in [4.78, 5) is 2.39. The summed E-state index contributed by atoms with van der Waals surface area (Å²) in [6.45, 7) is 7.54. The molecule has 1 aliphatic carbocycles. The van der Waals surface area contributed by atoms with Crippen LogP contribution < -0.4 is 5.73 Å². The van der Waals surface area contributed by atoms with Gasteiger partial charge in [-0.15, -0.1) is 6.58 Å². The largest absolute Gasteiger partial charge is 0.376 e. The van der Waals surface area contributed by atoms with Gasteiger partial charge in [-0.25, -0.2) is 0 Å². The molecule has 0 radical (unpaired) electrons. The number of hydrogen-bond acceptors (Lipinski definition) is 2. The lowest BCUT2D eigenvalue weighted by Gasteiger charge is -2.29. The number of rotatable bonds is 1. The highest BCUT2D eigenvalue weighted by Gasteiger charge is 2.17. The molecule has 0 aromatic carbocycles. The van der Waals surface area contributed by atoms with E-state index < -0.39 is 0 Å². The SMILES string of the molecule is C=CC.NC1CCCN(C=C2CC2)C1. The number of nitrogens with two attached hydrogens (primary N) is 1. The monoisotopic (exact) mass is 194 g/mol. The molecule has 14 heavy (non-hydrogen) atoms. The molecular weight excluding hydrogens is 172 g/mol. The van der Waals surface area contributed by atoms with E-state index in [2.05, 4.69) is 17.7 Å². The molecule has 1 saturated carbocycles. The Hall–Kier alpha value is -0.760. The van der Waals surface area contributed by atoms with E-state index in [0.717, 1.165) is 6.54 Å². The van der Waals surface area contributed by atoms with Crippen LogP contribution in [-0.4, -0.2) is 24.0 Å². The Bertz CT molecular complexity index is 202. The lowest BCUT2D eigenvalue weighted by atomic mass is 10.1. The molecule has 1 saturated heterocycles. The van der Waals surface area contributed by atoms with E-state index in [-0.39, 0.29) is 0 Å². The van der Waals surface area contributed by atoms with Gasteiger partial charge in [-0.1, -0.05) is 11.6 Å². The van der Waals surface area contributed by atoms with Gasteiger partial charge in [-0.05, 0) is 38.8 Å². The normalized spacial score (nSPS) is 24.9. The van der Waals surface area contributed by atoms with Crippen molar-refractivity contribution in [1.82, 2.24) is 4.90 Å². The number of allylic oxidation sites excluding steroid dienone is 2. The fraction of sp³-hybridized carbons (Fsp3) is 0.667. The second-order valence-corrected chi connectivity index (χ2v) is 4.09. The molecule has 2 fully saturated rings. The van der Waals surface area contributed by atoms with E-state index >= 15 is 0 Å². The van der Waals surface area contributed by atoms with E-state index in [4.69, 9.17) is 5.73 Å². The zero-order valence-electron chi connectivity index (χ0n) is 9.21. The molecule has 80 valence electrons. The maximum atomic E-state index is 5.85. The van der Waals surface area contributed by atoms with Crippen LogP contribution in [0, 0.1) is 0 Å². The molecule has 0 spiro atoms. The van der Waals surface area contributed by atoms with Gasteiger partial charge in [0.05, 0.1) is 0 Å². The van der Waals surface area contributed by atoms with Crippen LogP contribution in [0.15, 0.2) is 24.4 Å². The van der Waals surface area contributed by atoms with Crippen molar-refractivity contribution in [2.45, 2.75) is 38.6 Å². The Kier molecular flexibility index (Phi) is 4.74. The summed E-state index contributed by atoms with van der Waals surface area (Å²) in [6, 6.07) is 0.416. The second-order valence-electron chi connectivity index (χ2n) is 4.09. The molecule has 0 aromatic heterocycles. The fourth-order valence-corrected chi connectivity index (χ4v) is 1.62. The Morgan fingerprint density at radius 1 is 1.50 bits per heavy atom. The summed E-state index contributed by atoms with van der Waals surface area (Å²) in [5, 5.41) is 0. The molecule has 1 atom stereocenters. The highest BCUT2D eigenvalue weighted by atomic mass is 15.1. The molecule has 1 heterocycles. The van der Waals surface area contributed by atoms with E-state index in [1.165, 1.54) is 32.2 Å². The predicted octanol–water partition coefficient (Wildman–Crippen LogP) is 2.28. The van der Waals surface area contributed by atoms with E-state index in [1.54, 1.807) is 11.6 Å². The van der Waals surface area contributed by atoms with Crippen LogP contribution in [0.25, 0.3) is 0 Å². The summed E-state index contributed by atoms with van der Waals surface area (Å²) < 4.78 is 0. The summed E-state index contributed by atoms with van der Waals surface area (Å²) in [7, 11) is 0. The maximum Gasteiger partial charge on any atom is 0.0324 e. The van der Waals surface area contributed by atoms with Crippen molar-refractivity contribution in [2.75, 3.05) is 13.1 Å². The van der Waals surface area contributed by atoms with Gasteiger partial charge in [-0.3, -0.25) is 0 Å². The van der Waals surface area contributed by atoms with Gasteiger partial charge < -0.3 is 10.6 Å². The maximum absolute atomic E-state index is 5.85. The predicted molar refractivity (Wildman–Crippen MR) is 62.0 cm³/mol. The fourth-order valence-electron chi connectivity index (χ4n) is 1.62. The van der Waals surface area contributed by atoms with E-state index in [9.17, 15) is 0 Å². The molecule has 2 heteroatoms. The highest BCUT2D eigenvalue weighted by molar-refractivity contribution is 5.15. The first kappa shape index (κ1) is 11.3. The van der Waals surface area contributed by atoms with Crippen LogP contribution >= 0.6 is 0 Å². The van der Waals surface area contributed by atoms with Crippen LogP contribution in [0.1, 0.15) is 32.6 Å². The first-order valence-corrected chi connectivity index (χ1v) is 5.52. The second kappa shape index (κ2) is 5.86. The zero-order valence-corrected chi connectivity index (χ0v) is 9.21. The quantitative estimate of drug-likeness (QED) is 0.649. The van der Waals surface area contributed by atoms with Crippen LogP contribution in [0.4, 0.5) is 0 Å². The minimum atomic E-state index is 0.416. The minimum Gasteiger partial charge on any atom is -0.376 e. The average molecular weight is 194 g/mol. The molecule has 0 amide bonds. The molecule has 0 bridgehead atoms. The van der Waals surface area contributed by atoms with Gasteiger partial charge in [0.1, 0.15) is 0 Å². The van der Waals surface area contributed by atoms with Gasteiger partial charge in [-0.2, -0.15) is 0 Å². The molecule has 1 unspecified atom stereocenters. The molecule has 2 rings (SSSR count). The molecule has 1 aliphatic heterocycles. The van der Waals surface area contributed by atoms with Crippen LogP contribution in [0.3, 0.4) is 0 Å². The van der Waals surface area contributed by atoms with E-state index in [0.29, 0.717) is 6.04 Å². The smallest absolute Gasteiger partial charge is 0.0324 e. The molecule has 0 aromatic rings. The summed E-state index contributed by atoms with van der Waals surface area (Å²) >= 11 is 0. The Labute approximate surface area is 87.5 Å². The van der Waals surface area contributed by atoms with Gasteiger partial charge in [0.2, 0.25) is 0 Å². The minimum absolute atomic E-state index is 0.416. The van der Waals surface area contributed by atoms with E-state index in [1.807, 2.05) is 6.92 Å². The van der Waals surface area contributed by atoms with Gasteiger partial charge in [0.15, 0.2) is 0 Å². The zero-order chi connectivity index (χ0) is 10.4. The number of nitrogens with zero attached hydrogens (tertiary/aromatic N) is 1. The van der Waals surface area contributed by atoms with Crippen molar-refractivity contribution >= 4 is 0 Å². The highest BCUT2D eigenvalue weighted by Crippen LogP contribution is 2.28. The van der Waals surface area contributed by atoms with Crippen molar-refractivity contribution < 1.29 is 0 Å². The molecule has 2 aliphatic rings. The number of hydrogen-bond donors (Lipinski definition) is 1. The standard InChI is InChI=1S/C9H16N2.C3H6/c10-9-2-1-5-11(7-9)6-8-3-4-8;1-3-2/h6,9H,1-5,7,10H2;3H,1H2,2H3. The average Bonchev–Trinajstić information content (AvgIpc) is 2.89. The molecular formula is C12H22N2. The first-order valence-electron chi connectivity index (χ1n) is 5.52. The third-order valence-corrected chi connectivity index (χ3v) is 2.39. The number of likely N-dealkylation sites (tertiary alicyclic amines) is 1. The van der Waals surface area contributed by atoms with Crippen molar-refractivity contribution in [2.24, 2.45) is 5.73 Å².